The van der Waals surface area contributed by atoms with E-state index in [1.165, 1.54) is 31.9 Å². The number of hydrogen-bond acceptors (Lipinski definition) is 4. The van der Waals surface area contributed by atoms with Gasteiger partial charge in [-0.05, 0) is 30.5 Å². The van der Waals surface area contributed by atoms with Gasteiger partial charge in [-0.15, -0.1) is 0 Å². The third kappa shape index (κ3) is 3.02. The van der Waals surface area contributed by atoms with Crippen LogP contribution in [0.3, 0.4) is 0 Å². The van der Waals surface area contributed by atoms with E-state index in [1.807, 2.05) is 18.2 Å². The highest BCUT2D eigenvalue weighted by Crippen LogP contribution is 2.21. The molecule has 4 heteroatoms. The molecule has 0 amide bonds. The number of piperazine rings is 1. The minimum atomic E-state index is -0.260. The summed E-state index contributed by atoms with van der Waals surface area (Å²) in [5.41, 5.74) is 1.83. The molecule has 2 atom stereocenters. The van der Waals surface area contributed by atoms with Crippen LogP contribution in [0.1, 0.15) is 35.2 Å². The number of rotatable bonds is 3. The zero-order chi connectivity index (χ0) is 13.9. The van der Waals surface area contributed by atoms with Crippen molar-refractivity contribution in [1.29, 1.82) is 0 Å². The van der Waals surface area contributed by atoms with Crippen LogP contribution in [0.4, 0.5) is 0 Å². The highest BCUT2D eigenvalue weighted by molar-refractivity contribution is 5.89. The molecule has 2 unspecified atom stereocenters. The molecule has 1 N–H and O–H groups in total. The van der Waals surface area contributed by atoms with E-state index in [-0.39, 0.29) is 5.97 Å². The zero-order valence-electron chi connectivity index (χ0n) is 12.0. The van der Waals surface area contributed by atoms with Gasteiger partial charge in [0.15, 0.2) is 0 Å². The number of fused-ring (bicyclic) bond motifs is 2. The smallest absolute Gasteiger partial charge is 0.337 e. The van der Waals surface area contributed by atoms with Gasteiger partial charge in [0.25, 0.3) is 0 Å². The van der Waals surface area contributed by atoms with Crippen LogP contribution in [0.25, 0.3) is 0 Å². The van der Waals surface area contributed by atoms with Gasteiger partial charge in [0.1, 0.15) is 0 Å². The van der Waals surface area contributed by atoms with Gasteiger partial charge in [-0.3, -0.25) is 4.90 Å². The third-order valence-electron chi connectivity index (χ3n) is 4.29. The van der Waals surface area contributed by atoms with Gasteiger partial charge < -0.3 is 10.1 Å². The number of benzene rings is 1. The molecule has 108 valence electrons. The first-order valence-electron chi connectivity index (χ1n) is 7.40. The zero-order valence-corrected chi connectivity index (χ0v) is 12.0. The number of nitrogens with zero attached hydrogens (tertiary/aromatic N) is 1. The Labute approximate surface area is 120 Å². The number of esters is 1. The van der Waals surface area contributed by atoms with E-state index in [1.54, 1.807) is 0 Å². The minimum Gasteiger partial charge on any atom is -0.465 e. The van der Waals surface area contributed by atoms with Gasteiger partial charge in [0.05, 0.1) is 12.7 Å². The molecule has 2 aliphatic heterocycles. The van der Waals surface area contributed by atoms with Gasteiger partial charge in [0.2, 0.25) is 0 Å². The molecule has 0 spiro atoms. The molecule has 0 aliphatic carbocycles. The van der Waals surface area contributed by atoms with Crippen molar-refractivity contribution in [3.8, 4) is 0 Å². The quantitative estimate of drug-likeness (QED) is 0.853. The van der Waals surface area contributed by atoms with Crippen LogP contribution in [-0.2, 0) is 11.3 Å². The molecule has 1 aromatic carbocycles. The fourth-order valence-electron chi connectivity index (χ4n) is 3.40. The van der Waals surface area contributed by atoms with E-state index in [0.717, 1.165) is 19.6 Å². The van der Waals surface area contributed by atoms with Crippen molar-refractivity contribution in [3.63, 3.8) is 0 Å². The lowest BCUT2D eigenvalue weighted by atomic mass is 9.94. The Bertz CT molecular complexity index is 477. The Morgan fingerprint density at radius 1 is 1.35 bits per heavy atom. The van der Waals surface area contributed by atoms with Crippen LogP contribution in [0.15, 0.2) is 24.3 Å². The maximum atomic E-state index is 11.6. The third-order valence-corrected chi connectivity index (χ3v) is 4.29. The highest BCUT2D eigenvalue weighted by atomic mass is 16.5. The summed E-state index contributed by atoms with van der Waals surface area (Å²) in [5, 5.41) is 3.69. The largest absolute Gasteiger partial charge is 0.465 e. The number of hydrogen-bond donors (Lipinski definition) is 1. The summed E-state index contributed by atoms with van der Waals surface area (Å²) in [6.45, 7) is 3.14. The van der Waals surface area contributed by atoms with Gasteiger partial charge in [-0.25, -0.2) is 4.79 Å². The lowest BCUT2D eigenvalue weighted by molar-refractivity contribution is 0.0600. The number of likely N-dealkylation sites (tertiary alicyclic amines) is 1. The Balaban J connectivity index is 1.67. The molecular formula is C16H22N2O2. The van der Waals surface area contributed by atoms with E-state index in [9.17, 15) is 4.79 Å². The molecule has 4 nitrogen and oxygen atoms in total. The summed E-state index contributed by atoms with van der Waals surface area (Å²) in [4.78, 5) is 14.1. The molecule has 0 radical (unpaired) electrons. The topological polar surface area (TPSA) is 41.6 Å². The molecular weight excluding hydrogens is 252 g/mol. The Hall–Kier alpha value is -1.39. The van der Waals surface area contributed by atoms with Crippen LogP contribution >= 0.6 is 0 Å². The van der Waals surface area contributed by atoms with Crippen LogP contribution in [0, 0.1) is 0 Å². The molecule has 2 fully saturated rings. The molecule has 2 saturated heterocycles. The summed E-state index contributed by atoms with van der Waals surface area (Å²) in [6.07, 6.45) is 3.93. The summed E-state index contributed by atoms with van der Waals surface area (Å²) < 4.78 is 4.78. The van der Waals surface area contributed by atoms with E-state index in [0.29, 0.717) is 17.6 Å². The molecule has 2 bridgehead atoms. The van der Waals surface area contributed by atoms with Gasteiger partial charge >= 0.3 is 5.97 Å². The molecule has 2 heterocycles. The van der Waals surface area contributed by atoms with E-state index < -0.39 is 0 Å². The first-order chi connectivity index (χ1) is 9.74. The predicted molar refractivity (Wildman–Crippen MR) is 77.6 cm³/mol. The number of carbonyl (C=O) groups is 1. The number of ether oxygens (including phenoxy) is 1. The Morgan fingerprint density at radius 2 is 2.10 bits per heavy atom. The predicted octanol–water partition coefficient (Wildman–Crippen LogP) is 1.80. The SMILES string of the molecule is COC(=O)c1cccc(CN2CC3CCCC(C2)N3)c1. The van der Waals surface area contributed by atoms with Crippen molar-refractivity contribution in [1.82, 2.24) is 10.2 Å². The second-order valence-electron chi connectivity index (χ2n) is 5.88. The molecule has 2 aliphatic rings. The Morgan fingerprint density at radius 3 is 2.80 bits per heavy atom. The Kier molecular flexibility index (Phi) is 4.03. The van der Waals surface area contributed by atoms with Crippen molar-refractivity contribution in [2.45, 2.75) is 37.9 Å². The van der Waals surface area contributed by atoms with Crippen LogP contribution < -0.4 is 5.32 Å². The fourth-order valence-corrected chi connectivity index (χ4v) is 3.40. The van der Waals surface area contributed by atoms with Crippen molar-refractivity contribution in [3.05, 3.63) is 35.4 Å². The lowest BCUT2D eigenvalue weighted by Gasteiger charge is -2.42. The number of piperidine rings is 1. The molecule has 1 aromatic rings. The maximum Gasteiger partial charge on any atom is 0.337 e. The summed E-state index contributed by atoms with van der Waals surface area (Å²) in [6, 6.07) is 9.07. The second kappa shape index (κ2) is 5.94. The lowest BCUT2D eigenvalue weighted by Crippen LogP contribution is -2.58. The summed E-state index contributed by atoms with van der Waals surface area (Å²) in [5.74, 6) is -0.260. The van der Waals surface area contributed by atoms with E-state index in [2.05, 4.69) is 16.3 Å². The number of methoxy groups -OCH3 is 1. The number of carbonyl (C=O) groups excluding carboxylic acids is 1. The highest BCUT2D eigenvalue weighted by Gasteiger charge is 2.29. The van der Waals surface area contributed by atoms with E-state index >= 15 is 0 Å². The monoisotopic (exact) mass is 274 g/mol. The van der Waals surface area contributed by atoms with Crippen LogP contribution in [0.2, 0.25) is 0 Å². The van der Waals surface area contributed by atoms with E-state index in [4.69, 9.17) is 4.74 Å². The van der Waals surface area contributed by atoms with Crippen molar-refractivity contribution in [2.75, 3.05) is 20.2 Å². The van der Waals surface area contributed by atoms with Crippen molar-refractivity contribution in [2.24, 2.45) is 0 Å². The van der Waals surface area contributed by atoms with Gasteiger partial charge in [-0.2, -0.15) is 0 Å². The molecule has 0 aromatic heterocycles. The van der Waals surface area contributed by atoms with Crippen LogP contribution in [0.5, 0.6) is 0 Å². The normalized spacial score (nSPS) is 26.2. The summed E-state index contributed by atoms with van der Waals surface area (Å²) >= 11 is 0. The second-order valence-corrected chi connectivity index (χ2v) is 5.88. The first-order valence-corrected chi connectivity index (χ1v) is 7.40. The minimum absolute atomic E-state index is 0.260. The first kappa shape index (κ1) is 13.6. The van der Waals surface area contributed by atoms with Gasteiger partial charge in [-0.1, -0.05) is 18.6 Å². The summed E-state index contributed by atoms with van der Waals surface area (Å²) in [7, 11) is 1.42. The number of nitrogens with one attached hydrogen (secondary N) is 1. The average Bonchev–Trinajstić information content (AvgIpc) is 2.46. The van der Waals surface area contributed by atoms with Crippen molar-refractivity contribution >= 4 is 5.97 Å². The average molecular weight is 274 g/mol. The molecule has 20 heavy (non-hydrogen) atoms. The maximum absolute atomic E-state index is 11.6. The van der Waals surface area contributed by atoms with Crippen molar-refractivity contribution < 1.29 is 9.53 Å². The fraction of sp³-hybridized carbons (Fsp3) is 0.562. The molecule has 0 saturated carbocycles. The molecule has 3 rings (SSSR count). The van der Waals surface area contributed by atoms with Crippen LogP contribution in [-0.4, -0.2) is 43.2 Å². The van der Waals surface area contributed by atoms with Gasteiger partial charge in [0, 0.05) is 31.7 Å². The standard InChI is InChI=1S/C16H22N2O2/c1-20-16(19)13-5-2-4-12(8-13)9-18-10-14-6-3-7-15(11-18)17-14/h2,4-5,8,14-15,17H,3,6-7,9-11H2,1H3.